The molecule has 208 valence electrons. The summed E-state index contributed by atoms with van der Waals surface area (Å²) in [6.07, 6.45) is 4.92. The number of thiophene rings is 1. The second-order valence-corrected chi connectivity index (χ2v) is 13.2. The molecule has 5 N–H and O–H groups in total. The first kappa shape index (κ1) is 26.8. The average molecular weight is 558 g/mol. The first-order chi connectivity index (χ1) is 19.1. The number of rotatable bonds is 6. The van der Waals surface area contributed by atoms with Crippen LogP contribution in [0.25, 0.3) is 21.5 Å². The van der Waals surface area contributed by atoms with Gasteiger partial charge in [0.15, 0.2) is 5.78 Å². The number of Topliss-reactive ketones (excluding diaryl/α,β-unsaturated/α-hetero) is 1. The molecule has 10 heteroatoms. The highest BCUT2D eigenvalue weighted by molar-refractivity contribution is 7.17. The number of H-pyrrole nitrogens is 1. The van der Waals surface area contributed by atoms with Gasteiger partial charge in [0.1, 0.15) is 5.82 Å². The zero-order valence-electron chi connectivity index (χ0n) is 23.2. The summed E-state index contributed by atoms with van der Waals surface area (Å²) in [5.74, 6) is 1.26. The molecule has 0 bridgehead atoms. The third-order valence-corrected chi connectivity index (χ3v) is 8.86. The third kappa shape index (κ3) is 5.44. The molecule has 2 fully saturated rings. The molecule has 9 nitrogen and oxygen atoms in total. The molecule has 4 unspecified atom stereocenters. The first-order valence-electron chi connectivity index (χ1n) is 13.7. The van der Waals surface area contributed by atoms with E-state index in [9.17, 15) is 9.59 Å². The van der Waals surface area contributed by atoms with E-state index in [0.717, 1.165) is 56.4 Å². The van der Waals surface area contributed by atoms with E-state index in [1.54, 1.807) is 13.1 Å². The summed E-state index contributed by atoms with van der Waals surface area (Å²) >= 11 is 1.50. The lowest BCUT2D eigenvalue weighted by atomic mass is 9.82. The number of para-hydroxylation sites is 1. The SMILES string of the molecule is CC(=O)c1ccc(-c2cccc3[nH]c(C4NNC5CNC(c6cncc(NC(=O)CC(C)(C)C)c6)CC54)nc23)s1. The molecule has 0 saturated carbocycles. The van der Waals surface area contributed by atoms with E-state index >= 15 is 0 Å². The summed E-state index contributed by atoms with van der Waals surface area (Å²) in [5.41, 5.74) is 11.6. The van der Waals surface area contributed by atoms with E-state index in [-0.39, 0.29) is 35.2 Å². The second-order valence-electron chi connectivity index (χ2n) is 12.1. The molecule has 2 saturated heterocycles. The van der Waals surface area contributed by atoms with Crippen molar-refractivity contribution in [2.45, 2.75) is 58.7 Å². The van der Waals surface area contributed by atoms with Crippen LogP contribution < -0.4 is 21.5 Å². The number of carbonyl (C=O) groups excluding carboxylic acids is 2. The van der Waals surface area contributed by atoms with Gasteiger partial charge in [-0.05, 0) is 48.6 Å². The Kier molecular flexibility index (Phi) is 7.03. The number of pyridine rings is 1. The maximum absolute atomic E-state index is 12.5. The van der Waals surface area contributed by atoms with Gasteiger partial charge in [-0.2, -0.15) is 0 Å². The van der Waals surface area contributed by atoms with Gasteiger partial charge in [0.05, 0.1) is 33.8 Å². The van der Waals surface area contributed by atoms with Crippen LogP contribution in [0.2, 0.25) is 0 Å². The van der Waals surface area contributed by atoms with E-state index in [2.05, 4.69) is 58.3 Å². The maximum Gasteiger partial charge on any atom is 0.224 e. The normalized spacial score (nSPS) is 22.8. The van der Waals surface area contributed by atoms with E-state index in [1.807, 2.05) is 36.5 Å². The minimum Gasteiger partial charge on any atom is -0.341 e. The van der Waals surface area contributed by atoms with Crippen LogP contribution in [-0.4, -0.2) is 39.2 Å². The zero-order chi connectivity index (χ0) is 28.0. The lowest BCUT2D eigenvalue weighted by molar-refractivity contribution is -0.117. The van der Waals surface area contributed by atoms with Crippen LogP contribution in [0.5, 0.6) is 0 Å². The number of fused-ring (bicyclic) bond motifs is 2. The number of aromatic amines is 1. The lowest BCUT2D eigenvalue weighted by Gasteiger charge is -2.34. The predicted molar refractivity (Wildman–Crippen MR) is 158 cm³/mol. The Morgan fingerprint density at radius 1 is 1.12 bits per heavy atom. The summed E-state index contributed by atoms with van der Waals surface area (Å²) < 4.78 is 0. The van der Waals surface area contributed by atoms with Gasteiger partial charge in [-0.15, -0.1) is 11.3 Å². The van der Waals surface area contributed by atoms with Crippen LogP contribution in [0, 0.1) is 11.3 Å². The number of nitrogens with one attached hydrogen (secondary N) is 5. The highest BCUT2D eigenvalue weighted by atomic mass is 32.1. The molecular weight excluding hydrogens is 522 g/mol. The molecule has 0 radical (unpaired) electrons. The lowest BCUT2D eigenvalue weighted by Crippen LogP contribution is -2.46. The molecule has 2 aliphatic heterocycles. The standard InChI is InChI=1S/C30H35N7O2S/c1-16(38)24-8-9-25(40-24)19-6-5-7-21-27(19)35-29(34-21)28-20-11-22(32-15-23(20)36-37-28)17-10-18(14-31-13-17)33-26(39)12-30(2,3)4/h5-10,13-14,20,22-23,28,32,36-37H,11-12,15H2,1-4H3,(H,33,39)(H,34,35). The monoisotopic (exact) mass is 557 g/mol. The van der Waals surface area contributed by atoms with Gasteiger partial charge in [0, 0.05) is 47.6 Å². The highest BCUT2D eigenvalue weighted by Gasteiger charge is 2.42. The fourth-order valence-corrected chi connectivity index (χ4v) is 6.70. The van der Waals surface area contributed by atoms with Gasteiger partial charge < -0.3 is 15.6 Å². The van der Waals surface area contributed by atoms with Crippen LogP contribution in [0.1, 0.15) is 73.7 Å². The van der Waals surface area contributed by atoms with Gasteiger partial charge in [0.25, 0.3) is 0 Å². The summed E-state index contributed by atoms with van der Waals surface area (Å²) in [5, 5.41) is 6.67. The first-order valence-corrected chi connectivity index (χ1v) is 14.6. The average Bonchev–Trinajstić information content (AvgIpc) is 3.65. The molecule has 40 heavy (non-hydrogen) atoms. The van der Waals surface area contributed by atoms with Crippen molar-refractivity contribution in [1.82, 2.24) is 31.1 Å². The number of hydrogen-bond donors (Lipinski definition) is 5. The summed E-state index contributed by atoms with van der Waals surface area (Å²) in [6, 6.07) is 12.4. The molecule has 3 aromatic heterocycles. The highest BCUT2D eigenvalue weighted by Crippen LogP contribution is 2.40. The number of hydrazine groups is 1. The number of piperidine rings is 1. The van der Waals surface area contributed by atoms with Crippen molar-refractivity contribution in [2.24, 2.45) is 11.3 Å². The van der Waals surface area contributed by atoms with Crippen LogP contribution in [0.4, 0.5) is 5.69 Å². The van der Waals surface area contributed by atoms with E-state index < -0.39 is 0 Å². The van der Waals surface area contributed by atoms with Crippen molar-refractivity contribution in [3.05, 3.63) is 65.1 Å². The van der Waals surface area contributed by atoms with Gasteiger partial charge in [-0.25, -0.2) is 10.4 Å². The molecular formula is C30H35N7O2S. The Morgan fingerprint density at radius 2 is 1.98 bits per heavy atom. The van der Waals surface area contributed by atoms with Crippen molar-refractivity contribution in [2.75, 3.05) is 11.9 Å². The topological polar surface area (TPSA) is 124 Å². The predicted octanol–water partition coefficient (Wildman–Crippen LogP) is 5.13. The van der Waals surface area contributed by atoms with E-state index in [4.69, 9.17) is 4.98 Å². The molecule has 6 rings (SSSR count). The van der Waals surface area contributed by atoms with Crippen LogP contribution in [-0.2, 0) is 4.79 Å². The number of carbonyl (C=O) groups is 2. The third-order valence-electron chi connectivity index (χ3n) is 7.64. The van der Waals surface area contributed by atoms with Gasteiger partial charge in [0.2, 0.25) is 5.91 Å². The largest absolute Gasteiger partial charge is 0.341 e. The zero-order valence-corrected chi connectivity index (χ0v) is 24.0. The van der Waals surface area contributed by atoms with Crippen molar-refractivity contribution < 1.29 is 9.59 Å². The smallest absolute Gasteiger partial charge is 0.224 e. The van der Waals surface area contributed by atoms with Gasteiger partial charge in [-0.3, -0.25) is 20.0 Å². The van der Waals surface area contributed by atoms with Crippen molar-refractivity contribution in [3.63, 3.8) is 0 Å². The molecule has 0 spiro atoms. The number of imidazole rings is 1. The van der Waals surface area contributed by atoms with E-state index in [0.29, 0.717) is 12.3 Å². The van der Waals surface area contributed by atoms with Gasteiger partial charge >= 0.3 is 0 Å². The number of amides is 1. The Labute approximate surface area is 237 Å². The molecule has 4 atom stereocenters. The summed E-state index contributed by atoms with van der Waals surface area (Å²) in [6.45, 7) is 8.56. The fourth-order valence-electron chi connectivity index (χ4n) is 5.77. The Bertz CT molecular complexity index is 1570. The number of nitrogens with zero attached hydrogens (tertiary/aromatic N) is 2. The molecule has 1 amide bonds. The van der Waals surface area contributed by atoms with Crippen LogP contribution in [0.3, 0.4) is 0 Å². The summed E-state index contributed by atoms with van der Waals surface area (Å²) in [7, 11) is 0. The Morgan fingerprint density at radius 3 is 2.75 bits per heavy atom. The van der Waals surface area contributed by atoms with Gasteiger partial charge in [-0.1, -0.05) is 32.9 Å². The van der Waals surface area contributed by atoms with Crippen molar-refractivity contribution in [1.29, 1.82) is 0 Å². The minimum atomic E-state index is -0.0781. The van der Waals surface area contributed by atoms with Crippen molar-refractivity contribution in [3.8, 4) is 10.4 Å². The minimum absolute atomic E-state index is 0.00306. The number of hydrogen-bond acceptors (Lipinski definition) is 8. The molecule has 2 aliphatic rings. The van der Waals surface area contributed by atoms with E-state index in [1.165, 1.54) is 11.3 Å². The number of benzene rings is 1. The molecule has 5 heterocycles. The maximum atomic E-state index is 12.5. The number of anilines is 1. The fraction of sp³-hybridized carbons (Fsp3) is 0.400. The number of aromatic nitrogens is 3. The Hall–Kier alpha value is -3.44. The molecule has 1 aromatic carbocycles. The molecule has 0 aliphatic carbocycles. The Balaban J connectivity index is 1.22. The second kappa shape index (κ2) is 10.5. The number of ketones is 1. The van der Waals surface area contributed by atoms with Crippen LogP contribution in [0.15, 0.2) is 48.8 Å². The summed E-state index contributed by atoms with van der Waals surface area (Å²) in [4.78, 5) is 39.2. The van der Waals surface area contributed by atoms with Crippen LogP contribution >= 0.6 is 11.3 Å². The molecule has 4 aromatic rings. The quantitative estimate of drug-likeness (QED) is 0.208. The van der Waals surface area contributed by atoms with Crippen molar-refractivity contribution >= 4 is 39.7 Å².